The number of likely N-dealkylation sites (tertiary alicyclic amines) is 1. The first-order valence-electron chi connectivity index (χ1n) is 4.20. The van der Waals surface area contributed by atoms with Crippen LogP contribution >= 0.6 is 0 Å². The lowest BCUT2D eigenvalue weighted by Gasteiger charge is -2.22. The zero-order chi connectivity index (χ0) is 7.56. The van der Waals surface area contributed by atoms with Crippen molar-refractivity contribution < 1.29 is 0 Å². The maximum atomic E-state index is 5.69. The van der Waals surface area contributed by atoms with Crippen LogP contribution in [0.15, 0.2) is 0 Å². The third kappa shape index (κ3) is 1.96. The van der Waals surface area contributed by atoms with Crippen molar-refractivity contribution in [1.29, 1.82) is 0 Å². The van der Waals surface area contributed by atoms with E-state index < -0.39 is 0 Å². The number of nitrogens with zero attached hydrogens (tertiary/aromatic N) is 1. The summed E-state index contributed by atoms with van der Waals surface area (Å²) in [7, 11) is 0. The Bertz CT molecular complexity index is 101. The lowest BCUT2D eigenvalue weighted by atomic mass is 10.2. The average molecular weight is 142 g/mol. The van der Waals surface area contributed by atoms with Gasteiger partial charge in [0.15, 0.2) is 0 Å². The van der Waals surface area contributed by atoms with Gasteiger partial charge in [0, 0.05) is 18.6 Å². The minimum Gasteiger partial charge on any atom is -0.327 e. The Morgan fingerprint density at radius 2 is 2.40 bits per heavy atom. The Morgan fingerprint density at radius 1 is 1.70 bits per heavy atom. The molecule has 2 heteroatoms. The predicted molar refractivity (Wildman–Crippen MR) is 43.9 cm³/mol. The third-order valence-corrected chi connectivity index (χ3v) is 2.21. The van der Waals surface area contributed by atoms with Gasteiger partial charge in [0.25, 0.3) is 0 Å². The molecule has 0 amide bonds. The van der Waals surface area contributed by atoms with Gasteiger partial charge in [-0.3, -0.25) is 4.90 Å². The molecule has 1 aliphatic heterocycles. The molecule has 60 valence electrons. The smallest absolute Gasteiger partial charge is 0.0139 e. The average Bonchev–Trinajstić information content (AvgIpc) is 2.15. The van der Waals surface area contributed by atoms with Gasteiger partial charge in [0.1, 0.15) is 0 Å². The second-order valence-electron chi connectivity index (χ2n) is 3.46. The molecule has 1 unspecified atom stereocenters. The highest BCUT2D eigenvalue weighted by molar-refractivity contribution is 4.77. The highest BCUT2D eigenvalue weighted by Gasteiger charge is 2.20. The topological polar surface area (TPSA) is 29.3 Å². The zero-order valence-corrected chi connectivity index (χ0v) is 7.01. The first-order valence-corrected chi connectivity index (χ1v) is 4.20. The fourth-order valence-corrected chi connectivity index (χ4v) is 1.63. The summed E-state index contributed by atoms with van der Waals surface area (Å²) < 4.78 is 0. The van der Waals surface area contributed by atoms with Gasteiger partial charge in [-0.2, -0.15) is 0 Å². The Hall–Kier alpha value is -0.0800. The van der Waals surface area contributed by atoms with E-state index in [0.29, 0.717) is 6.04 Å². The van der Waals surface area contributed by atoms with E-state index in [2.05, 4.69) is 18.7 Å². The Kier molecular flexibility index (Phi) is 2.69. The number of nitrogens with two attached hydrogens (primary N) is 1. The number of rotatable bonds is 2. The van der Waals surface area contributed by atoms with Crippen LogP contribution in [0, 0.1) is 0 Å². The van der Waals surface area contributed by atoms with E-state index in [4.69, 9.17) is 5.73 Å². The summed E-state index contributed by atoms with van der Waals surface area (Å²) in [5.74, 6) is 0. The molecule has 0 aliphatic carbocycles. The summed E-state index contributed by atoms with van der Waals surface area (Å²) in [4.78, 5) is 2.48. The van der Waals surface area contributed by atoms with Gasteiger partial charge >= 0.3 is 0 Å². The van der Waals surface area contributed by atoms with Crippen molar-refractivity contribution in [2.24, 2.45) is 5.73 Å². The lowest BCUT2D eigenvalue weighted by molar-refractivity contribution is 0.256. The van der Waals surface area contributed by atoms with E-state index in [9.17, 15) is 0 Å². The van der Waals surface area contributed by atoms with Crippen LogP contribution in [-0.4, -0.2) is 30.1 Å². The first-order chi connectivity index (χ1) is 4.70. The van der Waals surface area contributed by atoms with E-state index in [0.717, 1.165) is 12.6 Å². The Balaban J connectivity index is 2.26. The van der Waals surface area contributed by atoms with E-state index in [1.807, 2.05) is 0 Å². The summed E-state index contributed by atoms with van der Waals surface area (Å²) in [6.07, 6.45) is 2.71. The third-order valence-electron chi connectivity index (χ3n) is 2.21. The van der Waals surface area contributed by atoms with E-state index in [-0.39, 0.29) is 0 Å². The molecular formula is C8H18N2. The molecule has 1 heterocycles. The number of hydrogen-bond acceptors (Lipinski definition) is 2. The summed E-state index contributed by atoms with van der Waals surface area (Å²) in [6.45, 7) is 6.68. The van der Waals surface area contributed by atoms with Crippen LogP contribution in [0.1, 0.15) is 26.7 Å². The summed E-state index contributed by atoms with van der Waals surface area (Å²) in [6, 6.07) is 1.10. The molecule has 2 N–H and O–H groups in total. The van der Waals surface area contributed by atoms with Crippen molar-refractivity contribution in [3.8, 4) is 0 Å². The molecule has 0 aromatic heterocycles. The summed E-state index contributed by atoms with van der Waals surface area (Å²) in [5, 5.41) is 0. The van der Waals surface area contributed by atoms with Crippen LogP contribution in [0.25, 0.3) is 0 Å². The minimum atomic E-state index is 0.334. The second-order valence-corrected chi connectivity index (χ2v) is 3.46. The van der Waals surface area contributed by atoms with Crippen LogP contribution in [0.3, 0.4) is 0 Å². The fourth-order valence-electron chi connectivity index (χ4n) is 1.63. The molecule has 0 radical (unpaired) electrons. The Morgan fingerprint density at radius 3 is 2.80 bits per heavy atom. The summed E-state index contributed by atoms with van der Waals surface area (Å²) in [5.41, 5.74) is 5.69. The van der Waals surface area contributed by atoms with E-state index in [1.165, 1.54) is 19.4 Å². The Labute approximate surface area is 63.4 Å². The van der Waals surface area contributed by atoms with Gasteiger partial charge in [0.2, 0.25) is 0 Å². The molecule has 0 aromatic carbocycles. The monoisotopic (exact) mass is 142 g/mol. The summed E-state index contributed by atoms with van der Waals surface area (Å²) >= 11 is 0. The molecule has 1 saturated heterocycles. The molecular weight excluding hydrogens is 124 g/mol. The van der Waals surface area contributed by atoms with Crippen LogP contribution in [-0.2, 0) is 0 Å². The highest BCUT2D eigenvalue weighted by Crippen LogP contribution is 2.15. The van der Waals surface area contributed by atoms with Crippen LogP contribution in [0.2, 0.25) is 0 Å². The van der Waals surface area contributed by atoms with Crippen molar-refractivity contribution >= 4 is 0 Å². The van der Waals surface area contributed by atoms with Crippen molar-refractivity contribution in [1.82, 2.24) is 4.90 Å². The van der Waals surface area contributed by atoms with Crippen molar-refractivity contribution in [2.45, 2.75) is 38.8 Å². The fraction of sp³-hybridized carbons (Fsp3) is 1.00. The largest absolute Gasteiger partial charge is 0.327 e. The molecule has 2 atom stereocenters. The van der Waals surface area contributed by atoms with Gasteiger partial charge in [-0.25, -0.2) is 0 Å². The second kappa shape index (κ2) is 3.35. The molecule has 0 bridgehead atoms. The molecule has 0 spiro atoms. The maximum absolute atomic E-state index is 5.69. The molecule has 0 aromatic rings. The van der Waals surface area contributed by atoms with Gasteiger partial charge in [-0.15, -0.1) is 0 Å². The minimum absolute atomic E-state index is 0.334. The quantitative estimate of drug-likeness (QED) is 0.618. The molecule has 0 saturated carbocycles. The standard InChI is InChI=1S/C8H18N2/c1-7(9)6-10-5-3-4-8(10)2/h7-8H,3-6,9H2,1-2H3/t7?,8-/m0/s1. The van der Waals surface area contributed by atoms with Gasteiger partial charge in [-0.05, 0) is 33.2 Å². The van der Waals surface area contributed by atoms with Crippen LogP contribution in [0.5, 0.6) is 0 Å². The van der Waals surface area contributed by atoms with Gasteiger partial charge in [0.05, 0.1) is 0 Å². The molecule has 1 rings (SSSR count). The van der Waals surface area contributed by atoms with Crippen molar-refractivity contribution in [2.75, 3.05) is 13.1 Å². The molecule has 2 nitrogen and oxygen atoms in total. The van der Waals surface area contributed by atoms with Crippen molar-refractivity contribution in [3.05, 3.63) is 0 Å². The van der Waals surface area contributed by atoms with Crippen LogP contribution in [0.4, 0.5) is 0 Å². The highest BCUT2D eigenvalue weighted by atomic mass is 15.2. The van der Waals surface area contributed by atoms with Crippen LogP contribution < -0.4 is 5.73 Å². The van der Waals surface area contributed by atoms with Gasteiger partial charge in [-0.1, -0.05) is 0 Å². The van der Waals surface area contributed by atoms with E-state index in [1.54, 1.807) is 0 Å². The normalized spacial score (nSPS) is 30.9. The van der Waals surface area contributed by atoms with Gasteiger partial charge < -0.3 is 5.73 Å². The lowest BCUT2D eigenvalue weighted by Crippen LogP contribution is -2.37. The first kappa shape index (κ1) is 8.02. The van der Waals surface area contributed by atoms with Crippen molar-refractivity contribution in [3.63, 3.8) is 0 Å². The molecule has 1 aliphatic rings. The predicted octanol–water partition coefficient (Wildman–Crippen LogP) is 0.818. The molecule has 1 fully saturated rings. The zero-order valence-electron chi connectivity index (χ0n) is 7.01. The van der Waals surface area contributed by atoms with E-state index >= 15 is 0 Å². The molecule has 10 heavy (non-hydrogen) atoms. The number of hydrogen-bond donors (Lipinski definition) is 1. The maximum Gasteiger partial charge on any atom is 0.0139 e. The SMILES string of the molecule is CC(N)CN1CCC[C@@H]1C.